The molecular weight excluding hydrogens is 729 g/mol. The van der Waals surface area contributed by atoms with Gasteiger partial charge in [0.25, 0.3) is 0 Å². The number of rotatable bonds is 12. The Hall–Kier alpha value is -2.93. The van der Waals surface area contributed by atoms with E-state index in [9.17, 15) is 4.79 Å². The van der Waals surface area contributed by atoms with Crippen molar-refractivity contribution in [1.82, 2.24) is 5.32 Å². The lowest BCUT2D eigenvalue weighted by Gasteiger charge is -2.19. The number of para-hydroxylation sites is 4. The van der Waals surface area contributed by atoms with Crippen LogP contribution in [-0.4, -0.2) is 75.4 Å². The topological polar surface area (TPSA) is 92.0 Å². The van der Waals surface area contributed by atoms with Crippen molar-refractivity contribution < 1.29 is 23.7 Å². The summed E-state index contributed by atoms with van der Waals surface area (Å²) in [6, 6.07) is 32.9. The van der Waals surface area contributed by atoms with Crippen LogP contribution in [0.2, 0.25) is 0 Å². The molecule has 4 aromatic carbocycles. The highest BCUT2D eigenvalue weighted by Gasteiger charge is 2.18. The number of benzene rings is 4. The van der Waals surface area contributed by atoms with Crippen LogP contribution in [-0.2, 0) is 4.79 Å². The van der Waals surface area contributed by atoms with Gasteiger partial charge in [0, 0.05) is 54.6 Å². The Kier molecular flexibility index (Phi) is 20.4. The van der Waals surface area contributed by atoms with E-state index in [0.29, 0.717) is 18.6 Å². The maximum Gasteiger partial charge on any atom is 0.132 e. The van der Waals surface area contributed by atoms with Gasteiger partial charge in [-0.15, -0.1) is 47.0 Å². The summed E-state index contributed by atoms with van der Waals surface area (Å²) in [4.78, 5) is 15.2. The Morgan fingerprint density at radius 2 is 1.27 bits per heavy atom. The monoisotopic (exact) mass is 782 g/mol. The van der Waals surface area contributed by atoms with Crippen LogP contribution < -0.4 is 30.0 Å². The van der Waals surface area contributed by atoms with Crippen molar-refractivity contribution >= 4 is 53.3 Å². The van der Waals surface area contributed by atoms with Gasteiger partial charge in [-0.2, -0.15) is 0 Å². The van der Waals surface area contributed by atoms with Gasteiger partial charge in [0.1, 0.15) is 42.5 Å². The van der Waals surface area contributed by atoms with E-state index < -0.39 is 0 Å². The SMILES string of the molecule is C.COc1ccccc1SCC(C)C=O.COc1ccccc1SCC(C)CNC1COc2ccccc2SC1.NC1COc2ccccc2SC1. The van der Waals surface area contributed by atoms with Gasteiger partial charge in [-0.3, -0.25) is 0 Å². The van der Waals surface area contributed by atoms with E-state index in [4.69, 9.17) is 24.7 Å². The number of ether oxygens (including phenoxy) is 4. The minimum absolute atomic E-state index is 0. The van der Waals surface area contributed by atoms with Crippen molar-refractivity contribution in [2.45, 2.75) is 52.9 Å². The minimum atomic E-state index is 0. The smallest absolute Gasteiger partial charge is 0.132 e. The number of carbonyl (C=O) groups is 1. The Balaban J connectivity index is 0.000000229. The summed E-state index contributed by atoms with van der Waals surface area (Å²) in [5.74, 6) is 8.32. The Morgan fingerprint density at radius 1 is 0.769 bits per heavy atom. The lowest BCUT2D eigenvalue weighted by molar-refractivity contribution is -0.110. The molecule has 7 nitrogen and oxygen atoms in total. The summed E-state index contributed by atoms with van der Waals surface area (Å²) in [5, 5.41) is 3.67. The molecular formula is C41H54N2O5S4. The highest BCUT2D eigenvalue weighted by atomic mass is 32.2. The molecule has 52 heavy (non-hydrogen) atoms. The summed E-state index contributed by atoms with van der Waals surface area (Å²) in [7, 11) is 3.38. The van der Waals surface area contributed by atoms with Crippen LogP contribution in [0.15, 0.2) is 117 Å². The molecule has 3 N–H and O–H groups in total. The molecule has 0 bridgehead atoms. The van der Waals surface area contributed by atoms with Gasteiger partial charge in [-0.05, 0) is 61.0 Å². The first-order valence-corrected chi connectivity index (χ1v) is 21.0. The fourth-order valence-corrected chi connectivity index (χ4v) is 8.77. The van der Waals surface area contributed by atoms with Crippen LogP contribution >= 0.6 is 47.0 Å². The standard InChI is InChI=1S/C20H25NO2S2.C11H14O2S.C9H11NOS.CH4/c1-15(13-24-19-9-5-3-7-17(19)22-2)11-21-16-12-23-18-8-4-6-10-20(18)25-14-16;1-9(7-12)8-14-11-6-4-3-5-10(11)13-2;10-7-5-11-8-3-1-2-4-9(8)12-6-7;/h3-10,15-16,21H,11-14H2,1-2H3;3-7,9H,8H2,1-2H3;1-4,7H,5-6,10H2;1H4. The fraction of sp³-hybridized carbons (Fsp3) is 0.390. The average Bonchev–Trinajstić information content (AvgIpc) is 3.51. The molecule has 0 aliphatic carbocycles. The van der Waals surface area contributed by atoms with Crippen LogP contribution in [0.1, 0.15) is 21.3 Å². The third-order valence-corrected chi connectivity index (χ3v) is 12.8. The highest BCUT2D eigenvalue weighted by molar-refractivity contribution is 8.00. The van der Waals surface area contributed by atoms with E-state index in [-0.39, 0.29) is 19.4 Å². The lowest BCUT2D eigenvalue weighted by atomic mass is 10.2. The number of nitrogens with two attached hydrogens (primary N) is 1. The molecule has 0 spiro atoms. The first-order valence-electron chi connectivity index (χ1n) is 17.0. The van der Waals surface area contributed by atoms with E-state index in [2.05, 4.69) is 48.6 Å². The largest absolute Gasteiger partial charge is 0.496 e. The quantitative estimate of drug-likeness (QED) is 0.106. The zero-order chi connectivity index (χ0) is 36.3. The molecule has 4 aromatic rings. The van der Waals surface area contributed by atoms with Crippen LogP contribution in [0.25, 0.3) is 0 Å². The lowest BCUT2D eigenvalue weighted by Crippen LogP contribution is -2.39. The van der Waals surface area contributed by atoms with Gasteiger partial charge in [-0.25, -0.2) is 0 Å². The van der Waals surface area contributed by atoms with Gasteiger partial charge in [0.05, 0.1) is 20.3 Å². The van der Waals surface area contributed by atoms with E-state index in [1.54, 1.807) is 37.7 Å². The van der Waals surface area contributed by atoms with E-state index in [1.807, 2.05) is 91.1 Å². The van der Waals surface area contributed by atoms with Crippen molar-refractivity contribution in [2.24, 2.45) is 17.6 Å². The number of fused-ring (bicyclic) bond motifs is 2. The molecule has 2 aliphatic heterocycles. The van der Waals surface area contributed by atoms with E-state index in [1.165, 1.54) is 14.7 Å². The Labute approximate surface area is 328 Å². The number of methoxy groups -OCH3 is 2. The third-order valence-electron chi connectivity index (χ3n) is 7.63. The van der Waals surface area contributed by atoms with Gasteiger partial charge in [-0.1, -0.05) is 69.8 Å². The first-order chi connectivity index (χ1) is 24.9. The van der Waals surface area contributed by atoms with Crippen molar-refractivity contribution in [3.05, 3.63) is 97.1 Å². The molecule has 282 valence electrons. The zero-order valence-corrected chi connectivity index (χ0v) is 33.1. The number of thioether (sulfide) groups is 4. The van der Waals surface area contributed by atoms with Crippen molar-refractivity contribution in [3.63, 3.8) is 0 Å². The van der Waals surface area contributed by atoms with Crippen LogP contribution in [0, 0.1) is 11.8 Å². The number of hydrogen-bond donors (Lipinski definition) is 2. The molecule has 2 heterocycles. The first kappa shape index (κ1) is 43.5. The minimum Gasteiger partial charge on any atom is -0.496 e. The normalized spacial score (nSPS) is 17.0. The van der Waals surface area contributed by atoms with E-state index >= 15 is 0 Å². The third kappa shape index (κ3) is 14.8. The zero-order valence-electron chi connectivity index (χ0n) is 29.8. The number of aldehydes is 1. The summed E-state index contributed by atoms with van der Waals surface area (Å²) in [6.07, 6.45) is 0.975. The maximum absolute atomic E-state index is 10.4. The van der Waals surface area contributed by atoms with Crippen LogP contribution in [0.5, 0.6) is 23.0 Å². The van der Waals surface area contributed by atoms with Gasteiger partial charge >= 0.3 is 0 Å². The van der Waals surface area contributed by atoms with Gasteiger partial charge in [0.2, 0.25) is 0 Å². The predicted molar refractivity (Wildman–Crippen MR) is 224 cm³/mol. The summed E-state index contributed by atoms with van der Waals surface area (Å²) >= 11 is 7.15. The van der Waals surface area contributed by atoms with Gasteiger partial charge < -0.3 is 34.8 Å². The van der Waals surface area contributed by atoms with Crippen LogP contribution in [0.3, 0.4) is 0 Å². The van der Waals surface area contributed by atoms with Crippen molar-refractivity contribution in [2.75, 3.05) is 57.0 Å². The number of hydrogen-bond acceptors (Lipinski definition) is 11. The van der Waals surface area contributed by atoms with Crippen LogP contribution in [0.4, 0.5) is 0 Å². The molecule has 4 atom stereocenters. The number of carbonyl (C=O) groups excluding carboxylic acids is 1. The second-order valence-corrected chi connectivity index (χ2v) is 16.4. The summed E-state index contributed by atoms with van der Waals surface area (Å²) < 4.78 is 22.1. The summed E-state index contributed by atoms with van der Waals surface area (Å²) in [5.41, 5.74) is 5.77. The maximum atomic E-state index is 10.4. The molecule has 4 unspecified atom stereocenters. The van der Waals surface area contributed by atoms with Gasteiger partial charge in [0.15, 0.2) is 0 Å². The molecule has 11 heteroatoms. The van der Waals surface area contributed by atoms with E-state index in [0.717, 1.165) is 70.3 Å². The molecule has 0 saturated carbocycles. The second-order valence-electron chi connectivity index (χ2n) is 12.1. The molecule has 0 saturated heterocycles. The average molecular weight is 783 g/mol. The fourth-order valence-electron chi connectivity index (χ4n) is 4.76. The Bertz CT molecular complexity index is 1560. The second kappa shape index (κ2) is 24.4. The molecule has 0 fully saturated rings. The predicted octanol–water partition coefficient (Wildman–Crippen LogP) is 9.32. The summed E-state index contributed by atoms with van der Waals surface area (Å²) in [6.45, 7) is 6.55. The Morgan fingerprint density at radius 3 is 1.85 bits per heavy atom. The molecule has 6 rings (SSSR count). The highest BCUT2D eigenvalue weighted by Crippen LogP contribution is 2.34. The molecule has 0 radical (unpaired) electrons. The molecule has 0 amide bonds. The van der Waals surface area contributed by atoms with Crippen molar-refractivity contribution in [1.29, 1.82) is 0 Å². The molecule has 2 aliphatic rings. The van der Waals surface area contributed by atoms with Crippen molar-refractivity contribution in [3.8, 4) is 23.0 Å². The number of nitrogens with one attached hydrogen (secondary N) is 1. The molecule has 0 aromatic heterocycles.